The molecule has 0 aliphatic rings. The van der Waals surface area contributed by atoms with Crippen LogP contribution >= 0.6 is 23.2 Å². The predicted octanol–water partition coefficient (Wildman–Crippen LogP) is 4.04. The summed E-state index contributed by atoms with van der Waals surface area (Å²) in [4.78, 5) is 0. The highest BCUT2D eigenvalue weighted by atomic mass is 35.5. The summed E-state index contributed by atoms with van der Waals surface area (Å²) in [6.07, 6.45) is 2.04. The van der Waals surface area contributed by atoms with Crippen molar-refractivity contribution in [1.29, 1.82) is 0 Å². The van der Waals surface area contributed by atoms with Gasteiger partial charge < -0.3 is 4.57 Å². The Kier molecular flexibility index (Phi) is 3.03. The van der Waals surface area contributed by atoms with Crippen molar-refractivity contribution >= 4 is 34.1 Å². The van der Waals surface area contributed by atoms with E-state index in [4.69, 9.17) is 23.2 Å². The van der Waals surface area contributed by atoms with Crippen molar-refractivity contribution in [2.24, 2.45) is 7.05 Å². The summed E-state index contributed by atoms with van der Waals surface area (Å²) in [6.45, 7) is 2.59. The molecular weight excluding hydrogens is 281 g/mol. The molecule has 0 fully saturated rings. The van der Waals surface area contributed by atoms with Crippen molar-refractivity contribution in [1.82, 2.24) is 14.3 Å². The van der Waals surface area contributed by atoms with E-state index in [1.54, 1.807) is 0 Å². The van der Waals surface area contributed by atoms with Crippen LogP contribution in [0.25, 0.3) is 10.9 Å². The van der Waals surface area contributed by atoms with Crippen LogP contribution in [0.5, 0.6) is 0 Å². The molecule has 0 saturated carbocycles. The standard InChI is InChI=1S/C14H13Cl2N3/c1-9-14(16)13(18(2)17-9)8-19-6-5-10-3-4-11(15)7-12(10)19/h3-7H,8H2,1-2H3. The van der Waals surface area contributed by atoms with Crippen LogP contribution in [-0.4, -0.2) is 14.3 Å². The van der Waals surface area contributed by atoms with Crippen molar-refractivity contribution in [2.45, 2.75) is 13.5 Å². The second-order valence-electron chi connectivity index (χ2n) is 4.62. The molecule has 2 heterocycles. The largest absolute Gasteiger partial charge is 0.341 e. The topological polar surface area (TPSA) is 22.8 Å². The number of hydrogen-bond donors (Lipinski definition) is 0. The number of benzene rings is 1. The van der Waals surface area contributed by atoms with Crippen LogP contribution < -0.4 is 0 Å². The number of fused-ring (bicyclic) bond motifs is 1. The minimum absolute atomic E-state index is 0.681. The average molecular weight is 294 g/mol. The zero-order valence-corrected chi connectivity index (χ0v) is 12.2. The van der Waals surface area contributed by atoms with E-state index in [-0.39, 0.29) is 0 Å². The lowest BCUT2D eigenvalue weighted by atomic mass is 10.2. The van der Waals surface area contributed by atoms with E-state index in [0.29, 0.717) is 6.54 Å². The summed E-state index contributed by atoms with van der Waals surface area (Å²) >= 11 is 12.4. The quantitative estimate of drug-likeness (QED) is 0.699. The van der Waals surface area contributed by atoms with E-state index in [9.17, 15) is 0 Å². The molecule has 2 aromatic heterocycles. The fourth-order valence-corrected chi connectivity index (χ4v) is 2.69. The van der Waals surface area contributed by atoms with Gasteiger partial charge in [0, 0.05) is 23.8 Å². The third kappa shape index (κ3) is 2.13. The van der Waals surface area contributed by atoms with Gasteiger partial charge in [-0.2, -0.15) is 5.10 Å². The summed E-state index contributed by atoms with van der Waals surface area (Å²) in [5.41, 5.74) is 2.95. The van der Waals surface area contributed by atoms with Crippen molar-refractivity contribution in [3.05, 3.63) is 51.9 Å². The lowest BCUT2D eigenvalue weighted by Crippen LogP contribution is -2.05. The van der Waals surface area contributed by atoms with Crippen molar-refractivity contribution in [2.75, 3.05) is 0 Å². The second-order valence-corrected chi connectivity index (χ2v) is 5.43. The Balaban J connectivity index is 2.08. The fraction of sp³-hybridized carbons (Fsp3) is 0.214. The van der Waals surface area contributed by atoms with Gasteiger partial charge in [0.25, 0.3) is 0 Å². The van der Waals surface area contributed by atoms with Gasteiger partial charge in [0.15, 0.2) is 0 Å². The van der Waals surface area contributed by atoms with Crippen LogP contribution in [0.2, 0.25) is 10.0 Å². The molecule has 3 nitrogen and oxygen atoms in total. The van der Waals surface area contributed by atoms with Crippen LogP contribution in [0.4, 0.5) is 0 Å². The van der Waals surface area contributed by atoms with E-state index in [1.165, 1.54) is 5.39 Å². The minimum Gasteiger partial charge on any atom is -0.341 e. The summed E-state index contributed by atoms with van der Waals surface area (Å²) in [6, 6.07) is 7.95. The van der Waals surface area contributed by atoms with E-state index in [0.717, 1.165) is 26.9 Å². The number of rotatable bonds is 2. The lowest BCUT2D eigenvalue weighted by Gasteiger charge is -2.07. The molecule has 0 spiro atoms. The molecule has 0 aliphatic carbocycles. The van der Waals surface area contributed by atoms with Crippen LogP contribution in [0.1, 0.15) is 11.4 Å². The van der Waals surface area contributed by atoms with Gasteiger partial charge >= 0.3 is 0 Å². The van der Waals surface area contributed by atoms with Gasteiger partial charge in [0.1, 0.15) is 0 Å². The molecule has 98 valence electrons. The first-order valence-electron chi connectivity index (χ1n) is 5.98. The van der Waals surface area contributed by atoms with Gasteiger partial charge in [-0.15, -0.1) is 0 Å². The van der Waals surface area contributed by atoms with Crippen molar-refractivity contribution in [3.8, 4) is 0 Å². The zero-order chi connectivity index (χ0) is 13.6. The van der Waals surface area contributed by atoms with Gasteiger partial charge in [-0.1, -0.05) is 29.3 Å². The lowest BCUT2D eigenvalue weighted by molar-refractivity contribution is 0.673. The molecule has 0 atom stereocenters. The third-order valence-electron chi connectivity index (χ3n) is 3.32. The molecule has 5 heteroatoms. The number of hydrogen-bond acceptors (Lipinski definition) is 1. The Morgan fingerprint density at radius 3 is 2.68 bits per heavy atom. The van der Waals surface area contributed by atoms with Crippen molar-refractivity contribution in [3.63, 3.8) is 0 Å². The number of aromatic nitrogens is 3. The SMILES string of the molecule is Cc1nn(C)c(Cn2ccc3ccc(Cl)cc32)c1Cl. The maximum atomic E-state index is 6.29. The Bertz CT molecular complexity index is 755. The molecule has 3 aromatic rings. The first-order valence-corrected chi connectivity index (χ1v) is 6.74. The summed E-state index contributed by atoms with van der Waals surface area (Å²) < 4.78 is 3.96. The molecular formula is C14H13Cl2N3. The molecule has 0 N–H and O–H groups in total. The van der Waals surface area contributed by atoms with Crippen LogP contribution in [0.3, 0.4) is 0 Å². The Labute approximate surface area is 121 Å². The Morgan fingerprint density at radius 1 is 1.21 bits per heavy atom. The Morgan fingerprint density at radius 2 is 2.00 bits per heavy atom. The number of aryl methyl sites for hydroxylation is 2. The predicted molar refractivity (Wildman–Crippen MR) is 79.0 cm³/mol. The molecule has 0 radical (unpaired) electrons. The van der Waals surface area contributed by atoms with E-state index < -0.39 is 0 Å². The molecule has 0 unspecified atom stereocenters. The Hall–Kier alpha value is -1.45. The zero-order valence-electron chi connectivity index (χ0n) is 10.7. The van der Waals surface area contributed by atoms with Gasteiger partial charge in [-0.05, 0) is 30.5 Å². The van der Waals surface area contributed by atoms with Gasteiger partial charge in [-0.3, -0.25) is 4.68 Å². The summed E-state index contributed by atoms with van der Waals surface area (Å²) in [5.74, 6) is 0. The highest BCUT2D eigenvalue weighted by molar-refractivity contribution is 6.32. The average Bonchev–Trinajstić information content (AvgIpc) is 2.86. The smallest absolute Gasteiger partial charge is 0.0865 e. The minimum atomic E-state index is 0.681. The second kappa shape index (κ2) is 4.58. The molecule has 0 aliphatic heterocycles. The van der Waals surface area contributed by atoms with E-state index in [2.05, 4.69) is 15.7 Å². The monoisotopic (exact) mass is 293 g/mol. The van der Waals surface area contributed by atoms with Crippen LogP contribution in [0.15, 0.2) is 30.5 Å². The van der Waals surface area contributed by atoms with Gasteiger partial charge in [-0.25, -0.2) is 0 Å². The van der Waals surface area contributed by atoms with E-state index >= 15 is 0 Å². The maximum Gasteiger partial charge on any atom is 0.0865 e. The normalized spacial score (nSPS) is 11.4. The number of nitrogens with zero attached hydrogens (tertiary/aromatic N) is 3. The first kappa shape index (κ1) is 12.6. The molecule has 1 aromatic carbocycles. The van der Waals surface area contributed by atoms with E-state index in [1.807, 2.05) is 43.0 Å². The highest BCUT2D eigenvalue weighted by Gasteiger charge is 2.12. The molecule has 19 heavy (non-hydrogen) atoms. The van der Waals surface area contributed by atoms with Gasteiger partial charge in [0.05, 0.1) is 23.0 Å². The molecule has 0 bridgehead atoms. The van der Waals surface area contributed by atoms with Crippen LogP contribution in [0, 0.1) is 6.92 Å². The maximum absolute atomic E-state index is 6.29. The molecule has 0 amide bonds. The molecule has 0 saturated heterocycles. The number of halogens is 2. The first-order chi connectivity index (χ1) is 9.06. The van der Waals surface area contributed by atoms with Crippen LogP contribution in [-0.2, 0) is 13.6 Å². The third-order valence-corrected chi connectivity index (χ3v) is 4.04. The fourth-order valence-electron chi connectivity index (χ4n) is 2.31. The van der Waals surface area contributed by atoms with Crippen molar-refractivity contribution < 1.29 is 0 Å². The summed E-state index contributed by atoms with van der Waals surface area (Å²) in [7, 11) is 1.91. The highest BCUT2D eigenvalue weighted by Crippen LogP contribution is 2.24. The summed E-state index contributed by atoms with van der Waals surface area (Å²) in [5, 5.41) is 6.96. The van der Waals surface area contributed by atoms with Gasteiger partial charge in [0.2, 0.25) is 0 Å². The molecule has 3 rings (SSSR count).